The molecule has 2 fully saturated rings. The summed E-state index contributed by atoms with van der Waals surface area (Å²) in [7, 11) is 1.48. The molecule has 5 heteroatoms. The Balaban J connectivity index is 2.29. The predicted molar refractivity (Wildman–Crippen MR) is 39.5 cm³/mol. The third-order valence-corrected chi connectivity index (χ3v) is 2.39. The van der Waals surface area contributed by atoms with E-state index in [-0.39, 0.29) is 11.9 Å². The van der Waals surface area contributed by atoms with Crippen molar-refractivity contribution in [2.45, 2.75) is 12.0 Å². The van der Waals surface area contributed by atoms with Crippen molar-refractivity contribution < 1.29 is 14.3 Å². The molecule has 0 bridgehead atoms. The van der Waals surface area contributed by atoms with E-state index in [1.54, 1.807) is 0 Å². The summed E-state index contributed by atoms with van der Waals surface area (Å²) in [6.07, 6.45) is 0.585. The number of amides is 3. The number of ether oxygens (including phenoxy) is 1. The molecule has 1 spiro atoms. The summed E-state index contributed by atoms with van der Waals surface area (Å²) >= 11 is 0. The van der Waals surface area contributed by atoms with Gasteiger partial charge in [0, 0.05) is 20.1 Å². The monoisotopic (exact) mass is 170 g/mol. The van der Waals surface area contributed by atoms with E-state index in [9.17, 15) is 9.59 Å². The lowest BCUT2D eigenvalue weighted by atomic mass is 9.99. The van der Waals surface area contributed by atoms with Crippen LogP contribution in [0.5, 0.6) is 0 Å². The lowest BCUT2D eigenvalue weighted by Crippen LogP contribution is -2.47. The molecule has 66 valence electrons. The van der Waals surface area contributed by atoms with Gasteiger partial charge >= 0.3 is 6.03 Å². The van der Waals surface area contributed by atoms with Crippen molar-refractivity contribution in [1.82, 2.24) is 10.2 Å². The van der Waals surface area contributed by atoms with Crippen molar-refractivity contribution in [3.05, 3.63) is 0 Å². The van der Waals surface area contributed by atoms with Crippen molar-refractivity contribution in [3.8, 4) is 0 Å². The summed E-state index contributed by atoms with van der Waals surface area (Å²) < 4.78 is 5.09. The van der Waals surface area contributed by atoms with Gasteiger partial charge in [-0.05, 0) is 0 Å². The van der Waals surface area contributed by atoms with Crippen LogP contribution in [-0.4, -0.2) is 42.6 Å². The van der Waals surface area contributed by atoms with Gasteiger partial charge in [-0.1, -0.05) is 0 Å². The SMILES string of the molecule is CN1C(=O)NC2(CCOC2)C1=O. The largest absolute Gasteiger partial charge is 0.378 e. The van der Waals surface area contributed by atoms with E-state index in [1.807, 2.05) is 0 Å². The van der Waals surface area contributed by atoms with E-state index in [0.717, 1.165) is 4.90 Å². The first-order valence-electron chi connectivity index (χ1n) is 3.84. The molecule has 0 saturated carbocycles. The zero-order valence-electron chi connectivity index (χ0n) is 6.79. The molecule has 0 radical (unpaired) electrons. The maximum atomic E-state index is 11.5. The van der Waals surface area contributed by atoms with Crippen LogP contribution < -0.4 is 5.32 Å². The summed E-state index contributed by atoms with van der Waals surface area (Å²) in [5, 5.41) is 2.64. The lowest BCUT2D eigenvalue weighted by Gasteiger charge is -2.16. The van der Waals surface area contributed by atoms with Gasteiger partial charge in [0.15, 0.2) is 0 Å². The van der Waals surface area contributed by atoms with Crippen molar-refractivity contribution in [3.63, 3.8) is 0 Å². The number of nitrogens with zero attached hydrogens (tertiary/aromatic N) is 1. The molecule has 0 aliphatic carbocycles. The van der Waals surface area contributed by atoms with Gasteiger partial charge in [-0.15, -0.1) is 0 Å². The van der Waals surface area contributed by atoms with Crippen molar-refractivity contribution >= 4 is 11.9 Å². The number of urea groups is 1. The van der Waals surface area contributed by atoms with E-state index in [0.29, 0.717) is 19.6 Å². The minimum Gasteiger partial charge on any atom is -0.378 e. The molecule has 0 aromatic rings. The Morgan fingerprint density at radius 2 is 2.33 bits per heavy atom. The number of carbonyl (C=O) groups is 2. The molecule has 2 saturated heterocycles. The lowest BCUT2D eigenvalue weighted by molar-refractivity contribution is -0.130. The summed E-state index contributed by atoms with van der Waals surface area (Å²) in [5.41, 5.74) is -0.744. The Labute approximate surface area is 69.7 Å². The minimum absolute atomic E-state index is 0.176. The highest BCUT2D eigenvalue weighted by molar-refractivity contribution is 6.07. The molecule has 0 aromatic heterocycles. The van der Waals surface area contributed by atoms with Crippen LogP contribution in [0.3, 0.4) is 0 Å². The first-order chi connectivity index (χ1) is 5.66. The van der Waals surface area contributed by atoms with Gasteiger partial charge < -0.3 is 10.1 Å². The Morgan fingerprint density at radius 3 is 2.75 bits per heavy atom. The van der Waals surface area contributed by atoms with Crippen LogP contribution in [0.25, 0.3) is 0 Å². The van der Waals surface area contributed by atoms with Crippen LogP contribution in [0.2, 0.25) is 0 Å². The molecule has 2 heterocycles. The van der Waals surface area contributed by atoms with E-state index in [4.69, 9.17) is 4.74 Å². The number of hydrogen-bond acceptors (Lipinski definition) is 3. The van der Waals surface area contributed by atoms with Crippen LogP contribution in [0, 0.1) is 0 Å². The number of hydrogen-bond donors (Lipinski definition) is 1. The summed E-state index contributed by atoms with van der Waals surface area (Å²) in [5.74, 6) is -0.176. The average molecular weight is 170 g/mol. The normalized spacial score (nSPS) is 34.9. The highest BCUT2D eigenvalue weighted by atomic mass is 16.5. The topological polar surface area (TPSA) is 58.6 Å². The molecule has 2 aliphatic heterocycles. The van der Waals surface area contributed by atoms with Crippen LogP contribution in [-0.2, 0) is 9.53 Å². The van der Waals surface area contributed by atoms with Crippen LogP contribution >= 0.6 is 0 Å². The van der Waals surface area contributed by atoms with Crippen molar-refractivity contribution in [2.75, 3.05) is 20.3 Å². The molecule has 1 unspecified atom stereocenters. The number of imide groups is 1. The number of likely N-dealkylation sites (N-methyl/N-ethyl adjacent to an activating group) is 1. The van der Waals surface area contributed by atoms with Crippen LogP contribution in [0.1, 0.15) is 6.42 Å². The summed E-state index contributed by atoms with van der Waals surface area (Å²) in [6.45, 7) is 0.849. The van der Waals surface area contributed by atoms with Crippen molar-refractivity contribution in [2.24, 2.45) is 0 Å². The Hall–Kier alpha value is -1.10. The van der Waals surface area contributed by atoms with E-state index in [1.165, 1.54) is 7.05 Å². The molecule has 5 nitrogen and oxygen atoms in total. The molecular weight excluding hydrogens is 160 g/mol. The van der Waals surface area contributed by atoms with Gasteiger partial charge in [0.05, 0.1) is 6.61 Å². The fourth-order valence-corrected chi connectivity index (χ4v) is 1.59. The molecular formula is C7H10N2O3. The summed E-state index contributed by atoms with van der Waals surface area (Å²) in [4.78, 5) is 23.7. The third-order valence-electron chi connectivity index (χ3n) is 2.39. The van der Waals surface area contributed by atoms with Gasteiger partial charge in [-0.3, -0.25) is 9.69 Å². The number of rotatable bonds is 0. The van der Waals surface area contributed by atoms with Crippen LogP contribution in [0.4, 0.5) is 4.79 Å². The maximum absolute atomic E-state index is 11.5. The average Bonchev–Trinajstić information content (AvgIpc) is 2.57. The van der Waals surface area contributed by atoms with Gasteiger partial charge in [-0.25, -0.2) is 4.79 Å². The quantitative estimate of drug-likeness (QED) is 0.490. The maximum Gasteiger partial charge on any atom is 0.324 e. The Morgan fingerprint density at radius 1 is 1.58 bits per heavy atom. The number of carbonyl (C=O) groups excluding carboxylic acids is 2. The standard InChI is InChI=1S/C7H10N2O3/c1-9-5(10)7(8-6(9)11)2-3-12-4-7/h2-4H2,1H3,(H,8,11). The smallest absolute Gasteiger partial charge is 0.324 e. The van der Waals surface area contributed by atoms with E-state index in [2.05, 4.69) is 5.32 Å². The third kappa shape index (κ3) is 0.768. The first-order valence-corrected chi connectivity index (χ1v) is 3.84. The predicted octanol–water partition coefficient (Wildman–Crippen LogP) is -0.673. The van der Waals surface area contributed by atoms with Gasteiger partial charge in [0.1, 0.15) is 5.54 Å². The van der Waals surface area contributed by atoms with Gasteiger partial charge in [0.25, 0.3) is 5.91 Å². The highest BCUT2D eigenvalue weighted by Gasteiger charge is 2.52. The molecule has 2 aliphatic rings. The van der Waals surface area contributed by atoms with Gasteiger partial charge in [0.2, 0.25) is 0 Å². The van der Waals surface area contributed by atoms with E-state index < -0.39 is 5.54 Å². The minimum atomic E-state index is -0.744. The summed E-state index contributed by atoms with van der Waals surface area (Å²) in [6, 6.07) is -0.328. The molecule has 1 N–H and O–H groups in total. The van der Waals surface area contributed by atoms with E-state index >= 15 is 0 Å². The Kier molecular flexibility index (Phi) is 1.38. The Bertz CT molecular complexity index is 245. The fraction of sp³-hybridized carbons (Fsp3) is 0.714. The zero-order chi connectivity index (χ0) is 8.77. The molecule has 3 amide bonds. The fourth-order valence-electron chi connectivity index (χ4n) is 1.59. The second-order valence-electron chi connectivity index (χ2n) is 3.18. The molecule has 1 atom stereocenters. The zero-order valence-corrected chi connectivity index (χ0v) is 6.79. The first kappa shape index (κ1) is 7.54. The highest BCUT2D eigenvalue weighted by Crippen LogP contribution is 2.25. The molecule has 2 rings (SSSR count). The van der Waals surface area contributed by atoms with Crippen LogP contribution in [0.15, 0.2) is 0 Å². The van der Waals surface area contributed by atoms with Gasteiger partial charge in [-0.2, -0.15) is 0 Å². The number of nitrogens with one attached hydrogen (secondary N) is 1. The second-order valence-corrected chi connectivity index (χ2v) is 3.18. The second kappa shape index (κ2) is 2.20. The molecule has 0 aromatic carbocycles. The van der Waals surface area contributed by atoms with Crippen molar-refractivity contribution in [1.29, 1.82) is 0 Å². The molecule has 12 heavy (non-hydrogen) atoms.